The summed E-state index contributed by atoms with van der Waals surface area (Å²) in [6.07, 6.45) is 3.66. The van der Waals surface area contributed by atoms with Gasteiger partial charge in [-0.25, -0.2) is 18.5 Å². The number of hydrogen-bond acceptors (Lipinski definition) is 6. The Hall–Kier alpha value is -2.26. The van der Waals surface area contributed by atoms with Crippen molar-refractivity contribution in [2.45, 2.75) is 145 Å². The highest BCUT2D eigenvalue weighted by Gasteiger charge is 2.25. The Kier molecular flexibility index (Phi) is 18.7. The van der Waals surface area contributed by atoms with Crippen LogP contribution < -0.4 is 10.5 Å². The average molecular weight is 695 g/mol. The van der Waals surface area contributed by atoms with Crippen LogP contribution in [0.5, 0.6) is 0 Å². The first-order valence-corrected chi connectivity index (χ1v) is 17.7. The van der Waals surface area contributed by atoms with Crippen LogP contribution in [0.4, 0.5) is 0 Å². The van der Waals surface area contributed by atoms with Gasteiger partial charge in [0.25, 0.3) is 0 Å². The van der Waals surface area contributed by atoms with Gasteiger partial charge in [-0.15, -0.1) is 12.4 Å². The lowest BCUT2D eigenvalue weighted by atomic mass is 9.87. The molecule has 2 aromatic carbocycles. The lowest BCUT2D eigenvalue weighted by Gasteiger charge is -2.27. The van der Waals surface area contributed by atoms with Crippen LogP contribution in [0.2, 0.25) is 0 Å². The molecule has 3 N–H and O–H groups in total. The summed E-state index contributed by atoms with van der Waals surface area (Å²) in [6, 6.07) is 14.8. The van der Waals surface area contributed by atoms with Crippen LogP contribution >= 0.6 is 12.4 Å². The fraction of sp³-hybridized carbons (Fsp3) is 0.632. The number of ether oxygens (including phenoxy) is 2. The molecule has 2 rings (SSSR count). The molecule has 0 radical (unpaired) electrons. The third-order valence-electron chi connectivity index (χ3n) is 7.00. The van der Waals surface area contributed by atoms with Crippen molar-refractivity contribution >= 4 is 35.3 Å². The van der Waals surface area contributed by atoms with Gasteiger partial charge in [0, 0.05) is 12.1 Å². The Bertz CT molecular complexity index is 1240. The van der Waals surface area contributed by atoms with E-state index < -0.39 is 11.0 Å². The minimum absolute atomic E-state index is 0. The highest BCUT2D eigenvalue weighted by molar-refractivity contribution is 7.84. The predicted octanol–water partition coefficient (Wildman–Crippen LogP) is 9.67. The van der Waals surface area contributed by atoms with E-state index in [4.69, 9.17) is 15.2 Å². The van der Waals surface area contributed by atoms with Crippen molar-refractivity contribution in [1.82, 2.24) is 4.72 Å². The first-order valence-electron chi connectivity index (χ1n) is 16.5. The van der Waals surface area contributed by atoms with Gasteiger partial charge in [-0.3, -0.25) is 0 Å². The lowest BCUT2D eigenvalue weighted by Crippen LogP contribution is -2.36. The van der Waals surface area contributed by atoms with E-state index in [9.17, 15) is 13.8 Å². The summed E-state index contributed by atoms with van der Waals surface area (Å²) >= 11 is 0. The zero-order valence-electron chi connectivity index (χ0n) is 31.2. The number of nitrogens with one attached hydrogen (secondary N) is 1. The summed E-state index contributed by atoms with van der Waals surface area (Å²) in [5.41, 5.74) is 9.89. The maximum Gasteiger partial charge on any atom is 0.338 e. The second kappa shape index (κ2) is 19.7. The van der Waals surface area contributed by atoms with E-state index in [1.165, 1.54) is 0 Å². The molecule has 0 saturated carbocycles. The second-order valence-electron chi connectivity index (χ2n) is 16.0. The van der Waals surface area contributed by atoms with E-state index in [0.29, 0.717) is 16.5 Å². The molecule has 3 atom stereocenters. The van der Waals surface area contributed by atoms with Crippen LogP contribution in [0.1, 0.15) is 160 Å². The first-order chi connectivity index (χ1) is 21.0. The van der Waals surface area contributed by atoms with Gasteiger partial charge in [0.2, 0.25) is 0 Å². The molecule has 0 aliphatic carbocycles. The van der Waals surface area contributed by atoms with E-state index in [0.717, 1.165) is 36.8 Å². The fourth-order valence-corrected chi connectivity index (χ4v) is 5.08. The molecule has 0 aliphatic rings. The van der Waals surface area contributed by atoms with E-state index in [1.807, 2.05) is 72.7 Å². The monoisotopic (exact) mass is 694 g/mol. The molecule has 0 spiro atoms. The number of nitrogens with two attached hydrogens (primary N) is 1. The van der Waals surface area contributed by atoms with Crippen molar-refractivity contribution < 1.29 is 23.3 Å². The van der Waals surface area contributed by atoms with Crippen molar-refractivity contribution in [3.63, 3.8) is 0 Å². The third kappa shape index (κ3) is 18.8. The first kappa shape index (κ1) is 44.7. The zero-order valence-corrected chi connectivity index (χ0v) is 32.8. The quantitative estimate of drug-likeness (QED) is 0.214. The van der Waals surface area contributed by atoms with Gasteiger partial charge in [0.15, 0.2) is 0 Å². The van der Waals surface area contributed by atoms with Gasteiger partial charge >= 0.3 is 11.9 Å². The molecule has 0 fully saturated rings. The molecule has 0 saturated heterocycles. The summed E-state index contributed by atoms with van der Waals surface area (Å²) in [6.45, 7) is 26.5. The SMILES string of the molecule is CC(C)OC(=O)c1ccc([C@@H](CCC(C)(C)C)N[S@@](=O)C(C)(C)C)cc1.CC(C)OC(=O)c1ccc([C@H](N)CCC(C)(C)C)cc1.Cl. The summed E-state index contributed by atoms with van der Waals surface area (Å²) in [4.78, 5) is 23.8. The number of halogens is 1. The Labute approximate surface area is 294 Å². The van der Waals surface area contributed by atoms with Crippen LogP contribution in [0.15, 0.2) is 48.5 Å². The van der Waals surface area contributed by atoms with Crippen molar-refractivity contribution in [2.24, 2.45) is 16.6 Å². The molecule has 268 valence electrons. The minimum Gasteiger partial charge on any atom is -0.459 e. The Morgan fingerprint density at radius 2 is 1.04 bits per heavy atom. The topological polar surface area (TPSA) is 108 Å². The molecular weight excluding hydrogens is 632 g/mol. The fourth-order valence-electron chi connectivity index (χ4n) is 4.21. The van der Waals surface area contributed by atoms with Crippen LogP contribution in [0.3, 0.4) is 0 Å². The van der Waals surface area contributed by atoms with E-state index in [1.54, 1.807) is 24.3 Å². The molecule has 7 nitrogen and oxygen atoms in total. The van der Waals surface area contributed by atoms with Crippen molar-refractivity contribution in [3.05, 3.63) is 70.8 Å². The van der Waals surface area contributed by atoms with Gasteiger partial charge < -0.3 is 15.2 Å². The molecule has 47 heavy (non-hydrogen) atoms. The summed E-state index contributed by atoms with van der Waals surface area (Å²) in [5.74, 6) is -0.598. The maximum atomic E-state index is 12.6. The molecule has 0 aromatic heterocycles. The normalized spacial score (nSPS) is 14.0. The predicted molar refractivity (Wildman–Crippen MR) is 199 cm³/mol. The summed E-state index contributed by atoms with van der Waals surface area (Å²) < 4.78 is 25.9. The van der Waals surface area contributed by atoms with Crippen LogP contribution in [0.25, 0.3) is 0 Å². The summed E-state index contributed by atoms with van der Waals surface area (Å²) in [5, 5.41) is 0. The van der Waals surface area contributed by atoms with Gasteiger partial charge in [0.05, 0.1) is 39.1 Å². The van der Waals surface area contributed by atoms with Crippen LogP contribution in [0, 0.1) is 10.8 Å². The van der Waals surface area contributed by atoms with E-state index >= 15 is 0 Å². The zero-order chi connectivity index (χ0) is 35.5. The number of benzene rings is 2. The number of rotatable bonds is 12. The van der Waals surface area contributed by atoms with Crippen molar-refractivity contribution in [1.29, 1.82) is 0 Å². The largest absolute Gasteiger partial charge is 0.459 e. The van der Waals surface area contributed by atoms with Crippen LogP contribution in [-0.2, 0) is 20.5 Å². The number of carbonyl (C=O) groups excluding carboxylic acids is 2. The van der Waals surface area contributed by atoms with E-state index in [-0.39, 0.29) is 58.8 Å². The highest BCUT2D eigenvalue weighted by Crippen LogP contribution is 2.29. The van der Waals surface area contributed by atoms with Gasteiger partial charge in [-0.1, -0.05) is 65.8 Å². The smallest absolute Gasteiger partial charge is 0.338 e. The standard InChI is InChI=1S/C21H35NO3S.C17H27NO2.ClH/c1-15(2)25-19(23)17-11-9-16(10-12-17)18(13-14-20(3,4)5)22-26(24)21(6,7)8;1-12(2)20-16(19)14-8-6-13(7-9-14)15(18)10-11-17(3,4)5;/h9-12,15,18,22H,13-14H2,1-8H3;6-9,12,15H,10-11,18H2,1-5H3;1H/t18-,26+;15-;/m11./s1. The molecule has 2 aromatic rings. The molecule has 0 heterocycles. The Morgan fingerprint density at radius 1 is 0.681 bits per heavy atom. The number of esters is 2. The molecule has 0 unspecified atom stereocenters. The molecule has 0 bridgehead atoms. The van der Waals surface area contributed by atoms with Crippen LogP contribution in [-0.4, -0.2) is 33.1 Å². The Balaban J connectivity index is 0.000000910. The molecule has 0 aliphatic heterocycles. The minimum atomic E-state index is -1.16. The van der Waals surface area contributed by atoms with Gasteiger partial charge in [-0.05, 0) is 120 Å². The number of carbonyl (C=O) groups is 2. The van der Waals surface area contributed by atoms with Crippen molar-refractivity contribution in [2.75, 3.05) is 0 Å². The van der Waals surface area contributed by atoms with E-state index in [2.05, 4.69) is 46.3 Å². The molecule has 9 heteroatoms. The van der Waals surface area contributed by atoms with Crippen molar-refractivity contribution in [3.8, 4) is 0 Å². The molecular formula is C38H63ClN2O5S. The van der Waals surface area contributed by atoms with Gasteiger partial charge in [0.1, 0.15) is 0 Å². The van der Waals surface area contributed by atoms with Gasteiger partial charge in [-0.2, -0.15) is 0 Å². The number of hydrogen-bond donors (Lipinski definition) is 2. The Morgan fingerprint density at radius 3 is 1.38 bits per heavy atom. The molecule has 0 amide bonds. The third-order valence-corrected chi connectivity index (χ3v) is 8.61. The highest BCUT2D eigenvalue weighted by atomic mass is 35.5. The lowest BCUT2D eigenvalue weighted by molar-refractivity contribution is 0.0367. The average Bonchev–Trinajstić information content (AvgIpc) is 2.92. The second-order valence-corrected chi connectivity index (χ2v) is 18.0. The maximum absolute atomic E-state index is 12.6. The summed E-state index contributed by atoms with van der Waals surface area (Å²) in [7, 11) is -1.16.